The third kappa shape index (κ3) is 6.13. The number of nitrogens with zero attached hydrogens (tertiary/aromatic N) is 1. The van der Waals surface area contributed by atoms with Gasteiger partial charge in [0, 0.05) is 38.0 Å². The number of carbonyl (C=O) groups excluding carboxylic acids is 2. The molecule has 0 aliphatic carbocycles. The first-order valence-corrected chi connectivity index (χ1v) is 8.42. The standard InChI is InChI=1S/C18H27N3O2.ClH/c1-14(13-19)20-18(23)16-9-11-21(12-10-16)17(22)8-7-15-5-3-2-4-6-15;/h2-6,14,16H,7-13,19H2,1H3,(H,20,23);1H/t14-;/m0./s1. The summed E-state index contributed by atoms with van der Waals surface area (Å²) in [5.74, 6) is 0.254. The highest BCUT2D eigenvalue weighted by Crippen LogP contribution is 2.18. The Hall–Kier alpha value is -1.59. The molecule has 0 radical (unpaired) electrons. The van der Waals surface area contributed by atoms with Crippen molar-refractivity contribution in [1.29, 1.82) is 0 Å². The summed E-state index contributed by atoms with van der Waals surface area (Å²) in [7, 11) is 0. The number of benzene rings is 1. The monoisotopic (exact) mass is 353 g/mol. The van der Waals surface area contributed by atoms with Crippen LogP contribution in [0.4, 0.5) is 0 Å². The topological polar surface area (TPSA) is 75.4 Å². The van der Waals surface area contributed by atoms with Crippen LogP contribution in [0.15, 0.2) is 30.3 Å². The molecule has 1 fully saturated rings. The molecule has 1 aromatic rings. The van der Waals surface area contributed by atoms with Crippen LogP contribution >= 0.6 is 12.4 Å². The fourth-order valence-corrected chi connectivity index (χ4v) is 2.86. The molecule has 0 unspecified atom stereocenters. The smallest absolute Gasteiger partial charge is 0.223 e. The lowest BCUT2D eigenvalue weighted by molar-refractivity contribution is -0.135. The minimum atomic E-state index is 0. The molecular weight excluding hydrogens is 326 g/mol. The number of carbonyl (C=O) groups is 2. The number of nitrogens with two attached hydrogens (primary N) is 1. The Labute approximate surface area is 150 Å². The van der Waals surface area contributed by atoms with Crippen molar-refractivity contribution in [1.82, 2.24) is 10.2 Å². The molecule has 1 saturated heterocycles. The van der Waals surface area contributed by atoms with Crippen LogP contribution in [0, 0.1) is 5.92 Å². The lowest BCUT2D eigenvalue weighted by Gasteiger charge is -2.32. The van der Waals surface area contributed by atoms with Crippen molar-refractivity contribution in [3.05, 3.63) is 35.9 Å². The van der Waals surface area contributed by atoms with Gasteiger partial charge < -0.3 is 16.0 Å². The first-order valence-electron chi connectivity index (χ1n) is 8.42. The SMILES string of the molecule is C[C@@H](CN)NC(=O)C1CCN(C(=O)CCc2ccccc2)CC1.Cl. The number of nitrogens with one attached hydrogen (secondary N) is 1. The Bertz CT molecular complexity index is 516. The van der Waals surface area contributed by atoms with Gasteiger partial charge in [0.1, 0.15) is 0 Å². The maximum absolute atomic E-state index is 12.3. The molecule has 2 amide bonds. The summed E-state index contributed by atoms with van der Waals surface area (Å²) < 4.78 is 0. The average Bonchev–Trinajstić information content (AvgIpc) is 2.60. The minimum Gasteiger partial charge on any atom is -0.352 e. The van der Waals surface area contributed by atoms with Crippen LogP contribution in [0.3, 0.4) is 0 Å². The maximum atomic E-state index is 12.3. The number of likely N-dealkylation sites (tertiary alicyclic amines) is 1. The van der Waals surface area contributed by atoms with E-state index in [1.807, 2.05) is 42.2 Å². The predicted molar refractivity (Wildman–Crippen MR) is 98.0 cm³/mol. The third-order valence-corrected chi connectivity index (χ3v) is 4.43. The van der Waals surface area contributed by atoms with E-state index in [1.54, 1.807) is 0 Å². The van der Waals surface area contributed by atoms with Gasteiger partial charge in [0.05, 0.1) is 0 Å². The van der Waals surface area contributed by atoms with Crippen LogP contribution in [0.5, 0.6) is 0 Å². The van der Waals surface area contributed by atoms with Gasteiger partial charge >= 0.3 is 0 Å². The van der Waals surface area contributed by atoms with Gasteiger partial charge in [-0.1, -0.05) is 30.3 Å². The van der Waals surface area contributed by atoms with Crippen molar-refractivity contribution in [3.8, 4) is 0 Å². The van der Waals surface area contributed by atoms with Gasteiger partial charge in [-0.25, -0.2) is 0 Å². The highest BCUT2D eigenvalue weighted by molar-refractivity contribution is 5.85. The Morgan fingerprint density at radius 1 is 1.25 bits per heavy atom. The molecule has 1 aromatic carbocycles. The fraction of sp³-hybridized carbons (Fsp3) is 0.556. The number of amides is 2. The van der Waals surface area contributed by atoms with E-state index in [2.05, 4.69) is 5.32 Å². The zero-order valence-corrected chi connectivity index (χ0v) is 15.1. The second-order valence-electron chi connectivity index (χ2n) is 6.29. The molecule has 0 spiro atoms. The van der Waals surface area contributed by atoms with E-state index < -0.39 is 0 Å². The summed E-state index contributed by atoms with van der Waals surface area (Å²) in [5.41, 5.74) is 6.71. The van der Waals surface area contributed by atoms with Crippen molar-refractivity contribution < 1.29 is 9.59 Å². The van der Waals surface area contributed by atoms with Gasteiger partial charge in [-0.15, -0.1) is 12.4 Å². The van der Waals surface area contributed by atoms with Gasteiger partial charge in [0.2, 0.25) is 11.8 Å². The quantitative estimate of drug-likeness (QED) is 0.818. The minimum absolute atomic E-state index is 0. The molecule has 134 valence electrons. The van der Waals surface area contributed by atoms with E-state index in [-0.39, 0.29) is 36.2 Å². The van der Waals surface area contributed by atoms with E-state index in [1.165, 1.54) is 5.56 Å². The molecule has 6 heteroatoms. The Balaban J connectivity index is 0.00000288. The number of aryl methyl sites for hydroxylation is 1. The highest BCUT2D eigenvalue weighted by Gasteiger charge is 2.27. The van der Waals surface area contributed by atoms with E-state index in [0.29, 0.717) is 26.1 Å². The first kappa shape index (κ1) is 20.5. The summed E-state index contributed by atoms with van der Waals surface area (Å²) >= 11 is 0. The molecule has 0 aromatic heterocycles. The second-order valence-corrected chi connectivity index (χ2v) is 6.29. The van der Waals surface area contributed by atoms with Gasteiger partial charge in [-0.2, -0.15) is 0 Å². The molecule has 1 aliphatic rings. The fourth-order valence-electron chi connectivity index (χ4n) is 2.86. The summed E-state index contributed by atoms with van der Waals surface area (Å²) in [5, 5.41) is 2.92. The molecule has 3 N–H and O–H groups in total. The van der Waals surface area contributed by atoms with Crippen molar-refractivity contribution in [2.24, 2.45) is 11.7 Å². The number of halogens is 1. The summed E-state index contributed by atoms with van der Waals surface area (Å²) in [6, 6.07) is 10.1. The Morgan fingerprint density at radius 2 is 1.88 bits per heavy atom. The lowest BCUT2D eigenvalue weighted by atomic mass is 9.95. The zero-order chi connectivity index (χ0) is 16.7. The third-order valence-electron chi connectivity index (χ3n) is 4.43. The van der Waals surface area contributed by atoms with Crippen LogP contribution in [0.1, 0.15) is 31.7 Å². The van der Waals surface area contributed by atoms with Crippen molar-refractivity contribution >= 4 is 24.2 Å². The van der Waals surface area contributed by atoms with Crippen molar-refractivity contribution in [2.75, 3.05) is 19.6 Å². The predicted octanol–water partition coefficient (Wildman–Crippen LogP) is 1.74. The largest absolute Gasteiger partial charge is 0.352 e. The van der Waals surface area contributed by atoms with Crippen LogP contribution in [-0.4, -0.2) is 42.4 Å². The molecule has 5 nitrogen and oxygen atoms in total. The summed E-state index contributed by atoms with van der Waals surface area (Å²) in [6.45, 7) is 3.69. The molecule has 1 atom stereocenters. The van der Waals surface area contributed by atoms with Gasteiger partial charge in [-0.05, 0) is 31.7 Å². The maximum Gasteiger partial charge on any atom is 0.223 e. The number of hydrogen-bond acceptors (Lipinski definition) is 3. The zero-order valence-electron chi connectivity index (χ0n) is 14.2. The normalized spacial score (nSPS) is 16.2. The van der Waals surface area contributed by atoms with E-state index >= 15 is 0 Å². The molecule has 1 aliphatic heterocycles. The molecule has 2 rings (SSSR count). The van der Waals surface area contributed by atoms with Crippen molar-refractivity contribution in [3.63, 3.8) is 0 Å². The van der Waals surface area contributed by atoms with Crippen LogP contribution in [0.25, 0.3) is 0 Å². The van der Waals surface area contributed by atoms with Crippen LogP contribution in [-0.2, 0) is 16.0 Å². The highest BCUT2D eigenvalue weighted by atomic mass is 35.5. The molecular formula is C18H28ClN3O2. The summed E-state index contributed by atoms with van der Waals surface area (Å²) in [6.07, 6.45) is 2.78. The number of rotatable bonds is 6. The van der Waals surface area contributed by atoms with E-state index in [0.717, 1.165) is 19.3 Å². The lowest BCUT2D eigenvalue weighted by Crippen LogP contribution is -2.46. The van der Waals surface area contributed by atoms with E-state index in [9.17, 15) is 9.59 Å². The van der Waals surface area contributed by atoms with Crippen molar-refractivity contribution in [2.45, 2.75) is 38.6 Å². The van der Waals surface area contributed by atoms with Gasteiger partial charge in [0.25, 0.3) is 0 Å². The molecule has 24 heavy (non-hydrogen) atoms. The van der Waals surface area contributed by atoms with E-state index in [4.69, 9.17) is 5.73 Å². The van der Waals surface area contributed by atoms with Gasteiger partial charge in [-0.3, -0.25) is 9.59 Å². The second kappa shape index (κ2) is 10.3. The molecule has 0 bridgehead atoms. The number of hydrogen-bond donors (Lipinski definition) is 2. The Morgan fingerprint density at radius 3 is 2.46 bits per heavy atom. The molecule has 1 heterocycles. The van der Waals surface area contributed by atoms with Crippen LogP contribution in [0.2, 0.25) is 0 Å². The average molecular weight is 354 g/mol. The van der Waals surface area contributed by atoms with Gasteiger partial charge in [0.15, 0.2) is 0 Å². The Kier molecular flexibility index (Phi) is 8.79. The molecule has 0 saturated carbocycles. The first-order chi connectivity index (χ1) is 11.1. The number of piperidine rings is 1. The summed E-state index contributed by atoms with van der Waals surface area (Å²) in [4.78, 5) is 26.3. The van der Waals surface area contributed by atoms with Crippen LogP contribution < -0.4 is 11.1 Å².